The Bertz CT molecular complexity index is 103. The van der Waals surface area contributed by atoms with E-state index in [1.807, 2.05) is 0 Å². The summed E-state index contributed by atoms with van der Waals surface area (Å²) in [5.41, 5.74) is 5.06. The molecule has 52 valence electrons. The van der Waals surface area contributed by atoms with Crippen molar-refractivity contribution in [2.45, 2.75) is 12.5 Å². The first-order valence-corrected chi connectivity index (χ1v) is 2.67. The molecule has 1 atom stereocenters. The summed E-state index contributed by atoms with van der Waals surface area (Å²) < 4.78 is 0. The maximum atomic E-state index is 9.42. The first-order chi connectivity index (χ1) is 4.31. The predicted molar refractivity (Wildman–Crippen MR) is 34.6 cm³/mol. The lowest BCUT2D eigenvalue weighted by Gasteiger charge is -1.99. The van der Waals surface area contributed by atoms with Crippen molar-refractivity contribution in [1.82, 2.24) is 0 Å². The molecule has 0 fully saturated rings. The number of nitrogens with zero attached hydrogens (tertiary/aromatic N) is 1. The lowest BCUT2D eigenvalue weighted by atomic mass is 10.2. The summed E-state index contributed by atoms with van der Waals surface area (Å²) in [6.07, 6.45) is 2.41. The summed E-state index contributed by atoms with van der Waals surface area (Å²) >= 11 is 0. The molecule has 0 aromatic heterocycles. The van der Waals surface area contributed by atoms with Crippen molar-refractivity contribution in [3.8, 4) is 0 Å². The molecule has 0 aliphatic rings. The van der Waals surface area contributed by atoms with Gasteiger partial charge in [-0.25, -0.2) is 0 Å². The Morgan fingerprint density at radius 3 is 2.89 bits per heavy atom. The van der Waals surface area contributed by atoms with E-state index in [-0.39, 0.29) is 6.54 Å². The number of aliphatic hydroxyl groups is 1. The van der Waals surface area contributed by atoms with Crippen molar-refractivity contribution in [1.29, 1.82) is 0 Å². The van der Waals surface area contributed by atoms with E-state index >= 15 is 0 Å². The Kier molecular flexibility index (Phi) is 4.95. The van der Waals surface area contributed by atoms with Gasteiger partial charge in [0.05, 0.1) is 12.3 Å². The Labute approximate surface area is 53.3 Å². The summed E-state index contributed by atoms with van der Waals surface area (Å²) in [6, 6.07) is 0. The highest BCUT2D eigenvalue weighted by Gasteiger charge is 1.94. The quantitative estimate of drug-likeness (QED) is 0.525. The highest BCUT2D eigenvalue weighted by molar-refractivity contribution is 4.81. The van der Waals surface area contributed by atoms with Crippen molar-refractivity contribution in [3.05, 3.63) is 17.2 Å². The largest absolute Gasteiger partial charge is 0.391 e. The average Bonchev–Trinajstić information content (AvgIpc) is 1.89. The monoisotopic (exact) mass is 130 g/mol. The molecule has 0 aliphatic heterocycles. The predicted octanol–water partition coefficient (Wildman–Crippen LogP) is -0.0238. The second kappa shape index (κ2) is 5.40. The number of nitrogens with two attached hydrogens (primary N) is 1. The molecule has 4 heteroatoms. The number of nitroso groups, excluding NO2 is 1. The maximum Gasteiger partial charge on any atom is 0.0697 e. The van der Waals surface area contributed by atoms with E-state index in [0.29, 0.717) is 6.42 Å². The molecule has 0 saturated carbocycles. The van der Waals surface area contributed by atoms with Crippen LogP contribution in [-0.4, -0.2) is 17.8 Å². The average molecular weight is 130 g/mol. The molecule has 0 bridgehead atoms. The SMILES string of the molecule is NCC(O)CC=CN=O. The summed E-state index contributed by atoms with van der Waals surface area (Å²) in [5, 5.41) is 11.2. The van der Waals surface area contributed by atoms with Gasteiger partial charge in [-0.15, -0.1) is 4.91 Å². The molecule has 9 heavy (non-hydrogen) atoms. The third-order valence-corrected chi connectivity index (χ3v) is 0.847. The van der Waals surface area contributed by atoms with E-state index < -0.39 is 6.10 Å². The summed E-state index contributed by atoms with van der Waals surface area (Å²) in [4.78, 5) is 9.42. The van der Waals surface area contributed by atoms with Gasteiger partial charge in [0, 0.05) is 6.54 Å². The molecule has 4 nitrogen and oxygen atoms in total. The fourth-order valence-corrected chi connectivity index (χ4v) is 0.357. The fraction of sp³-hybridized carbons (Fsp3) is 0.600. The second-order valence-corrected chi connectivity index (χ2v) is 1.62. The van der Waals surface area contributed by atoms with Crippen LogP contribution < -0.4 is 5.73 Å². The van der Waals surface area contributed by atoms with E-state index in [2.05, 4.69) is 5.18 Å². The van der Waals surface area contributed by atoms with E-state index in [9.17, 15) is 4.91 Å². The minimum atomic E-state index is -0.553. The van der Waals surface area contributed by atoms with E-state index in [1.54, 1.807) is 0 Å². The minimum absolute atomic E-state index is 0.212. The van der Waals surface area contributed by atoms with Crippen molar-refractivity contribution >= 4 is 0 Å². The fourth-order valence-electron chi connectivity index (χ4n) is 0.357. The van der Waals surface area contributed by atoms with Crippen LogP contribution in [0.5, 0.6) is 0 Å². The van der Waals surface area contributed by atoms with Crippen LogP contribution >= 0.6 is 0 Å². The number of hydrogen-bond acceptors (Lipinski definition) is 4. The zero-order valence-corrected chi connectivity index (χ0v) is 5.03. The maximum absolute atomic E-state index is 9.42. The topological polar surface area (TPSA) is 75.7 Å². The molecule has 0 aliphatic carbocycles. The summed E-state index contributed by atoms with van der Waals surface area (Å²) in [7, 11) is 0. The number of rotatable bonds is 4. The standard InChI is InChI=1S/C5H10N2O2/c6-4-5(8)2-1-3-7-9/h1,3,5,8H,2,4,6H2. The van der Waals surface area contributed by atoms with Gasteiger partial charge >= 0.3 is 0 Å². The van der Waals surface area contributed by atoms with Crippen molar-refractivity contribution in [2.75, 3.05) is 6.54 Å². The highest BCUT2D eigenvalue weighted by atomic mass is 16.3. The molecule has 0 aromatic carbocycles. The lowest BCUT2D eigenvalue weighted by molar-refractivity contribution is 0.186. The Morgan fingerprint density at radius 1 is 1.78 bits per heavy atom. The minimum Gasteiger partial charge on any atom is -0.391 e. The molecule has 0 amide bonds. The van der Waals surface area contributed by atoms with Crippen molar-refractivity contribution in [2.24, 2.45) is 10.9 Å². The number of aliphatic hydroxyl groups excluding tert-OH is 1. The van der Waals surface area contributed by atoms with Crippen LogP contribution in [-0.2, 0) is 0 Å². The van der Waals surface area contributed by atoms with Gasteiger partial charge in [-0.1, -0.05) is 6.08 Å². The molecular formula is C5H10N2O2. The van der Waals surface area contributed by atoms with Crippen LogP contribution in [0.15, 0.2) is 17.5 Å². The molecule has 3 N–H and O–H groups in total. The van der Waals surface area contributed by atoms with E-state index in [1.165, 1.54) is 6.08 Å². The summed E-state index contributed by atoms with van der Waals surface area (Å²) in [6.45, 7) is 0.212. The van der Waals surface area contributed by atoms with Crippen LogP contribution in [0.3, 0.4) is 0 Å². The molecule has 0 aromatic rings. The van der Waals surface area contributed by atoms with E-state index in [0.717, 1.165) is 6.20 Å². The zero-order chi connectivity index (χ0) is 7.11. The smallest absolute Gasteiger partial charge is 0.0697 e. The molecule has 0 heterocycles. The van der Waals surface area contributed by atoms with Crippen LogP contribution in [0, 0.1) is 4.91 Å². The second-order valence-electron chi connectivity index (χ2n) is 1.62. The zero-order valence-electron chi connectivity index (χ0n) is 5.03. The summed E-state index contributed by atoms with van der Waals surface area (Å²) in [5.74, 6) is 0. The molecule has 0 rings (SSSR count). The first kappa shape index (κ1) is 8.26. The Morgan fingerprint density at radius 2 is 2.44 bits per heavy atom. The molecule has 0 saturated heterocycles. The van der Waals surface area contributed by atoms with Gasteiger partial charge in [0.15, 0.2) is 0 Å². The van der Waals surface area contributed by atoms with Crippen LogP contribution in [0.25, 0.3) is 0 Å². The van der Waals surface area contributed by atoms with E-state index in [4.69, 9.17) is 10.8 Å². The van der Waals surface area contributed by atoms with Crippen LogP contribution in [0.2, 0.25) is 0 Å². The van der Waals surface area contributed by atoms with Crippen molar-refractivity contribution in [3.63, 3.8) is 0 Å². The van der Waals surface area contributed by atoms with Crippen molar-refractivity contribution < 1.29 is 5.11 Å². The third kappa shape index (κ3) is 5.13. The molecule has 1 unspecified atom stereocenters. The van der Waals surface area contributed by atoms with Gasteiger partial charge in [0.2, 0.25) is 0 Å². The first-order valence-electron chi connectivity index (χ1n) is 2.67. The van der Waals surface area contributed by atoms with Gasteiger partial charge in [-0.05, 0) is 11.6 Å². The molecular weight excluding hydrogens is 120 g/mol. The van der Waals surface area contributed by atoms with Crippen LogP contribution in [0.4, 0.5) is 0 Å². The molecule has 0 spiro atoms. The van der Waals surface area contributed by atoms with Gasteiger partial charge in [0.1, 0.15) is 0 Å². The Hall–Kier alpha value is -0.740. The van der Waals surface area contributed by atoms with Gasteiger partial charge in [-0.3, -0.25) is 0 Å². The van der Waals surface area contributed by atoms with Gasteiger partial charge < -0.3 is 10.8 Å². The lowest BCUT2D eigenvalue weighted by Crippen LogP contribution is -2.18. The normalized spacial score (nSPS) is 14.0. The highest BCUT2D eigenvalue weighted by Crippen LogP contribution is 1.89. The molecule has 0 radical (unpaired) electrons. The van der Waals surface area contributed by atoms with Gasteiger partial charge in [0.25, 0.3) is 0 Å². The Balaban J connectivity index is 3.25. The van der Waals surface area contributed by atoms with Crippen LogP contribution in [0.1, 0.15) is 6.42 Å². The number of hydrogen-bond donors (Lipinski definition) is 2. The van der Waals surface area contributed by atoms with Gasteiger partial charge in [-0.2, -0.15) is 0 Å². The third-order valence-electron chi connectivity index (χ3n) is 0.847.